The van der Waals surface area contributed by atoms with Gasteiger partial charge >= 0.3 is 0 Å². The van der Waals surface area contributed by atoms with Gasteiger partial charge in [-0.1, -0.05) is 38.5 Å². The maximum atomic E-state index is 5.50. The number of benzene rings is 1. The molecule has 0 saturated heterocycles. The van der Waals surface area contributed by atoms with Crippen LogP contribution in [0, 0.1) is 6.92 Å². The van der Waals surface area contributed by atoms with Gasteiger partial charge in [0, 0.05) is 10.9 Å². The summed E-state index contributed by atoms with van der Waals surface area (Å²) in [5.41, 5.74) is 2.29. The van der Waals surface area contributed by atoms with Crippen LogP contribution >= 0.6 is 0 Å². The summed E-state index contributed by atoms with van der Waals surface area (Å²) < 4.78 is 5.50. The molecule has 0 spiro atoms. The van der Waals surface area contributed by atoms with Crippen LogP contribution in [0.15, 0.2) is 34.9 Å². The van der Waals surface area contributed by atoms with Gasteiger partial charge in [-0.25, -0.2) is 0 Å². The Morgan fingerprint density at radius 2 is 2.14 bits per heavy atom. The van der Waals surface area contributed by atoms with E-state index >= 15 is 0 Å². The van der Waals surface area contributed by atoms with Gasteiger partial charge in [-0.05, 0) is 18.4 Å². The molecular weight excluding hydrogens is 172 g/mol. The zero-order valence-corrected chi connectivity index (χ0v) is 8.49. The molecule has 0 bridgehead atoms. The second-order valence-electron chi connectivity index (χ2n) is 3.73. The minimum absolute atomic E-state index is 0.538. The van der Waals surface area contributed by atoms with Crippen molar-refractivity contribution in [3.8, 4) is 0 Å². The molecule has 1 atom stereocenters. The average Bonchev–Trinajstić information content (AvgIpc) is 2.61. The van der Waals surface area contributed by atoms with E-state index in [0.29, 0.717) is 5.92 Å². The first kappa shape index (κ1) is 9.32. The van der Waals surface area contributed by atoms with Gasteiger partial charge < -0.3 is 4.42 Å². The molecule has 1 unspecified atom stereocenters. The molecule has 14 heavy (non-hydrogen) atoms. The molecule has 1 aromatic carbocycles. The summed E-state index contributed by atoms with van der Waals surface area (Å²) in [7, 11) is 0. The number of furan rings is 1. The molecule has 1 radical (unpaired) electrons. The average molecular weight is 187 g/mol. The van der Waals surface area contributed by atoms with Gasteiger partial charge in [-0.3, -0.25) is 0 Å². The van der Waals surface area contributed by atoms with E-state index in [4.69, 9.17) is 4.42 Å². The van der Waals surface area contributed by atoms with Crippen molar-refractivity contribution in [3.05, 3.63) is 43.0 Å². The lowest BCUT2D eigenvalue weighted by atomic mass is 9.96. The van der Waals surface area contributed by atoms with Crippen molar-refractivity contribution >= 4 is 11.0 Å². The Balaban J connectivity index is 2.42. The second kappa shape index (κ2) is 3.87. The van der Waals surface area contributed by atoms with Gasteiger partial charge in [0.2, 0.25) is 0 Å². The fraction of sp³-hybridized carbons (Fsp3) is 0.308. The Kier molecular flexibility index (Phi) is 2.58. The van der Waals surface area contributed by atoms with E-state index in [0.717, 1.165) is 18.4 Å². The largest absolute Gasteiger partial charge is 0.464 e. The standard InChI is InChI=1S/C13H15O/c1-3-6-10(2)12-9-14-13-8-5-4-7-11(12)13/h4-5,7-10H,1,3,6H2,2H3. The first-order valence-electron chi connectivity index (χ1n) is 5.08. The number of fused-ring (bicyclic) bond motifs is 1. The maximum absolute atomic E-state index is 5.50. The molecule has 2 rings (SSSR count). The quantitative estimate of drug-likeness (QED) is 0.703. The third kappa shape index (κ3) is 1.54. The topological polar surface area (TPSA) is 13.1 Å². The third-order valence-corrected chi connectivity index (χ3v) is 2.68. The molecule has 73 valence electrons. The van der Waals surface area contributed by atoms with E-state index in [1.807, 2.05) is 18.4 Å². The van der Waals surface area contributed by atoms with E-state index in [1.54, 1.807) is 0 Å². The SMILES string of the molecule is [CH2]CCC(C)c1coc2ccccc12. The molecule has 0 fully saturated rings. The number of hydrogen-bond acceptors (Lipinski definition) is 1. The number of para-hydroxylation sites is 1. The molecule has 0 aliphatic heterocycles. The van der Waals surface area contributed by atoms with Crippen LogP contribution in [0.3, 0.4) is 0 Å². The first-order chi connectivity index (χ1) is 6.83. The van der Waals surface area contributed by atoms with Crippen molar-refractivity contribution in [1.29, 1.82) is 0 Å². The zero-order valence-electron chi connectivity index (χ0n) is 8.49. The molecule has 1 heteroatoms. The van der Waals surface area contributed by atoms with Crippen LogP contribution in [0.5, 0.6) is 0 Å². The van der Waals surface area contributed by atoms with Crippen molar-refractivity contribution < 1.29 is 4.42 Å². The Labute approximate surface area is 84.7 Å². The van der Waals surface area contributed by atoms with Crippen LogP contribution in [-0.2, 0) is 0 Å². The van der Waals surface area contributed by atoms with Gasteiger partial charge in [-0.15, -0.1) is 0 Å². The van der Waals surface area contributed by atoms with Crippen molar-refractivity contribution in [2.24, 2.45) is 0 Å². The van der Waals surface area contributed by atoms with Gasteiger partial charge in [-0.2, -0.15) is 0 Å². The molecule has 1 nitrogen and oxygen atoms in total. The summed E-state index contributed by atoms with van der Waals surface area (Å²) in [6.45, 7) is 6.11. The predicted molar refractivity (Wildman–Crippen MR) is 59.2 cm³/mol. The van der Waals surface area contributed by atoms with E-state index in [-0.39, 0.29) is 0 Å². The normalized spacial score (nSPS) is 13.3. The third-order valence-electron chi connectivity index (χ3n) is 2.68. The lowest BCUT2D eigenvalue weighted by Crippen LogP contribution is -1.90. The molecule has 0 amide bonds. The Morgan fingerprint density at radius 1 is 1.36 bits per heavy atom. The highest BCUT2D eigenvalue weighted by Crippen LogP contribution is 2.29. The van der Waals surface area contributed by atoms with Crippen molar-refractivity contribution in [1.82, 2.24) is 0 Å². The highest BCUT2D eigenvalue weighted by molar-refractivity contribution is 5.81. The van der Waals surface area contributed by atoms with Crippen LogP contribution < -0.4 is 0 Å². The monoisotopic (exact) mass is 187 g/mol. The lowest BCUT2D eigenvalue weighted by molar-refractivity contribution is 0.597. The van der Waals surface area contributed by atoms with Crippen LogP contribution in [-0.4, -0.2) is 0 Å². The van der Waals surface area contributed by atoms with Crippen LogP contribution in [0.25, 0.3) is 11.0 Å². The van der Waals surface area contributed by atoms with Crippen LogP contribution in [0.2, 0.25) is 0 Å². The summed E-state index contributed by atoms with van der Waals surface area (Å²) in [6.07, 6.45) is 3.97. The van der Waals surface area contributed by atoms with Crippen molar-refractivity contribution in [2.45, 2.75) is 25.7 Å². The van der Waals surface area contributed by atoms with E-state index in [9.17, 15) is 0 Å². The van der Waals surface area contributed by atoms with E-state index in [2.05, 4.69) is 26.0 Å². The maximum Gasteiger partial charge on any atom is 0.134 e. The van der Waals surface area contributed by atoms with Gasteiger partial charge in [0.25, 0.3) is 0 Å². The molecule has 1 heterocycles. The van der Waals surface area contributed by atoms with Crippen molar-refractivity contribution in [3.63, 3.8) is 0 Å². The van der Waals surface area contributed by atoms with Crippen LogP contribution in [0.4, 0.5) is 0 Å². The number of rotatable bonds is 3. The fourth-order valence-corrected chi connectivity index (χ4v) is 1.84. The minimum atomic E-state index is 0.538. The van der Waals surface area contributed by atoms with Crippen LogP contribution in [0.1, 0.15) is 31.2 Å². The minimum Gasteiger partial charge on any atom is -0.464 e. The predicted octanol–water partition coefficient (Wildman–Crippen LogP) is 4.15. The van der Waals surface area contributed by atoms with Crippen molar-refractivity contribution in [2.75, 3.05) is 0 Å². The summed E-state index contributed by atoms with van der Waals surface area (Å²) in [5, 5.41) is 1.24. The van der Waals surface area contributed by atoms with E-state index < -0.39 is 0 Å². The molecule has 0 N–H and O–H groups in total. The molecular formula is C13H15O. The van der Waals surface area contributed by atoms with E-state index in [1.165, 1.54) is 10.9 Å². The highest BCUT2D eigenvalue weighted by Gasteiger charge is 2.10. The second-order valence-corrected chi connectivity index (χ2v) is 3.73. The zero-order chi connectivity index (χ0) is 9.97. The Bertz CT molecular complexity index is 414. The Hall–Kier alpha value is -1.24. The molecule has 0 aliphatic rings. The molecule has 1 aromatic heterocycles. The molecule has 2 aromatic rings. The summed E-state index contributed by atoms with van der Waals surface area (Å²) in [5.74, 6) is 0.538. The Morgan fingerprint density at radius 3 is 2.93 bits per heavy atom. The van der Waals surface area contributed by atoms with Gasteiger partial charge in [0.05, 0.1) is 6.26 Å². The first-order valence-corrected chi connectivity index (χ1v) is 5.08. The summed E-state index contributed by atoms with van der Waals surface area (Å²) in [4.78, 5) is 0. The van der Waals surface area contributed by atoms with Gasteiger partial charge in [0.1, 0.15) is 5.58 Å². The molecule has 0 saturated carbocycles. The lowest BCUT2D eigenvalue weighted by Gasteiger charge is -2.06. The summed E-state index contributed by atoms with van der Waals surface area (Å²) in [6, 6.07) is 8.18. The fourth-order valence-electron chi connectivity index (χ4n) is 1.84. The highest BCUT2D eigenvalue weighted by atomic mass is 16.3. The van der Waals surface area contributed by atoms with Gasteiger partial charge in [0.15, 0.2) is 0 Å². The summed E-state index contributed by atoms with van der Waals surface area (Å²) >= 11 is 0. The molecule has 0 aliphatic carbocycles. The number of hydrogen-bond donors (Lipinski definition) is 0. The smallest absolute Gasteiger partial charge is 0.134 e.